The number of aliphatic hydroxyl groups is 2. The second-order valence-electron chi connectivity index (χ2n) is 25.3. The molecule has 0 spiro atoms. The normalized spacial score (nSPS) is 30.3. The Bertz CT molecular complexity index is 3420. The van der Waals surface area contributed by atoms with Crippen molar-refractivity contribution in [2.45, 2.75) is 156 Å². The van der Waals surface area contributed by atoms with Gasteiger partial charge in [0.15, 0.2) is 5.96 Å². The van der Waals surface area contributed by atoms with Crippen molar-refractivity contribution < 1.29 is 67.3 Å². The largest absolute Gasteiger partial charge is 1.00 e. The van der Waals surface area contributed by atoms with Gasteiger partial charge >= 0.3 is 29.6 Å². The van der Waals surface area contributed by atoms with E-state index in [9.17, 15) is 28.3 Å². The number of fused-ring (bicyclic) bond motifs is 9. The molecule has 2 fully saturated rings. The van der Waals surface area contributed by atoms with Gasteiger partial charge in [-0.25, -0.2) is 13.4 Å². The van der Waals surface area contributed by atoms with E-state index in [0.29, 0.717) is 61.8 Å². The third-order valence-electron chi connectivity index (χ3n) is 20.1. The van der Waals surface area contributed by atoms with Crippen LogP contribution >= 0.6 is 0 Å². The minimum Gasteiger partial charge on any atom is -0.748 e. The average molecular weight is 1150 g/mol. The van der Waals surface area contributed by atoms with Gasteiger partial charge < -0.3 is 51.4 Å². The molecule has 9 aliphatic rings. The van der Waals surface area contributed by atoms with E-state index in [-0.39, 0.29) is 96.4 Å². The zero-order valence-corrected chi connectivity index (χ0v) is 51.2. The summed E-state index contributed by atoms with van der Waals surface area (Å²) in [6.45, 7) is 4.60. The van der Waals surface area contributed by atoms with Gasteiger partial charge in [-0.15, -0.1) is 0 Å². The first-order chi connectivity index (χ1) is 39.6. The maximum Gasteiger partial charge on any atom is 1.00 e. The standard InChI is InChI=1S/C68H81N5O8S.Na/c1-41-13-14-47-31-56-20-22-58(47)60(41)35-63(82(77,78)79)62-33-50-29-49(32-57-27-43(40-74)10-6-11-46-30-55(75)19-21-59(46)65(50)80-57)64(62)44-15-17-53(18-16-44)68(81-56,73-66(69)70)37-54(26-42-8-4-3-5-9-42)67(76)24-7-12-48(36-67)61-34-51-39-72-25-23-45(51)28-52(61)38-71-2;/h3-5,8-9,15-22,28,30-31,33-34,41,43,48-49,54,57,60,62-65,71-72,74-76H,7,10,12-14,23-27,29,32,35-40H2,1-2H3,(H4,69,70,73)(H,77,78,79);/q;+1/p-1/t41-,43+,48+,49-,54-,57-,60+,62-,63-,64+,65-,67-,68+;/m1./s1. The zero-order valence-electron chi connectivity index (χ0n) is 48.4. The summed E-state index contributed by atoms with van der Waals surface area (Å²) in [7, 11) is -2.95. The summed E-state index contributed by atoms with van der Waals surface area (Å²) in [4.78, 5) is 5.20. The molecule has 9 N–H and O–H groups in total. The number of ether oxygens (including phenoxy) is 2. The van der Waals surface area contributed by atoms with Gasteiger partial charge in [0, 0.05) is 49.2 Å². The second-order valence-corrected chi connectivity index (χ2v) is 26.9. The summed E-state index contributed by atoms with van der Waals surface area (Å²) in [5.41, 5.74) is 22.7. The number of phenolic OH excluding ortho intramolecular Hbond substituents is 1. The van der Waals surface area contributed by atoms with E-state index in [1.54, 1.807) is 12.1 Å². The molecule has 13 atom stereocenters. The Morgan fingerprint density at radius 3 is 2.52 bits per heavy atom. The SMILES string of the molecule is CNCc1cc2c(cc1[C@H]1CCC[C@](O)([C@H](Cc3ccccc3)C[C@]3(N=C(N)N)Oc4ccc5c(c4)CC[C@@H](C)[C@@H]5C[C@@H](S(=O)(=O)[O-])[C@H]4C=C5C[C@H](C[C@H]6C[C@@H](CO)CC#Cc7cc(O)ccc7[C@@H]5O6)[C@@H]4c4ccc3cc4)C1)CNCC2.[Na+]. The fraction of sp³-hybridized carbons (Fsp3) is 0.485. The van der Waals surface area contributed by atoms with Crippen LogP contribution in [-0.4, -0.2) is 71.4 Å². The number of hydrogen-bond donors (Lipinski definition) is 7. The molecule has 5 aromatic carbocycles. The van der Waals surface area contributed by atoms with E-state index in [2.05, 4.69) is 71.9 Å². The fourth-order valence-corrected chi connectivity index (χ4v) is 17.2. The Morgan fingerprint density at radius 1 is 0.940 bits per heavy atom. The third-order valence-corrected chi connectivity index (χ3v) is 21.3. The molecule has 3 aliphatic carbocycles. The summed E-state index contributed by atoms with van der Waals surface area (Å²) < 4.78 is 57.8. The molecule has 0 radical (unpaired) electrons. The van der Waals surface area contributed by atoms with Crippen LogP contribution in [0, 0.1) is 41.4 Å². The molecule has 0 aromatic heterocycles. The van der Waals surface area contributed by atoms with Crippen molar-refractivity contribution in [2.75, 3.05) is 20.2 Å². The van der Waals surface area contributed by atoms with Crippen LogP contribution in [0.1, 0.15) is 163 Å². The monoisotopic (exact) mass is 1150 g/mol. The smallest absolute Gasteiger partial charge is 0.748 e. The van der Waals surface area contributed by atoms with Crippen molar-refractivity contribution in [3.63, 3.8) is 0 Å². The predicted molar refractivity (Wildman–Crippen MR) is 318 cm³/mol. The van der Waals surface area contributed by atoms with Crippen molar-refractivity contribution in [3.8, 4) is 23.3 Å². The number of aryl methyl sites for hydroxylation is 1. The Morgan fingerprint density at radius 2 is 1.75 bits per heavy atom. The van der Waals surface area contributed by atoms with E-state index in [1.807, 2.05) is 61.6 Å². The number of phenols is 1. The van der Waals surface area contributed by atoms with Crippen LogP contribution in [0.5, 0.6) is 11.5 Å². The van der Waals surface area contributed by atoms with Gasteiger partial charge in [-0.2, -0.15) is 0 Å². The summed E-state index contributed by atoms with van der Waals surface area (Å²) in [5, 5.41) is 40.9. The Labute approximate surface area is 512 Å². The molecule has 6 aliphatic heterocycles. The Kier molecular flexibility index (Phi) is 17.8. The van der Waals surface area contributed by atoms with Crippen molar-refractivity contribution >= 4 is 16.1 Å². The number of hydrogen-bond acceptors (Lipinski definition) is 11. The molecule has 432 valence electrons. The maximum atomic E-state index is 14.4. The number of guanidine groups is 1. The van der Waals surface area contributed by atoms with Gasteiger partial charge in [-0.05, 0) is 212 Å². The maximum absolute atomic E-state index is 14.4. The van der Waals surface area contributed by atoms with Crippen LogP contribution in [0.15, 0.2) is 120 Å². The van der Waals surface area contributed by atoms with Crippen LogP contribution in [-0.2, 0) is 52.9 Å². The molecule has 1 saturated carbocycles. The Balaban J connectivity index is 0.00000721. The summed E-state index contributed by atoms with van der Waals surface area (Å²) >= 11 is 0. The van der Waals surface area contributed by atoms with Crippen LogP contribution < -0.4 is 56.4 Å². The number of aromatic hydroxyl groups is 1. The van der Waals surface area contributed by atoms with Crippen LogP contribution in [0.2, 0.25) is 0 Å². The molecule has 0 unspecified atom stereocenters. The predicted octanol–water partition coefficient (Wildman–Crippen LogP) is 6.52. The third kappa shape index (κ3) is 12.4. The quantitative estimate of drug-likeness (QED) is 0.0188. The second kappa shape index (κ2) is 24.8. The topological polar surface area (TPSA) is 225 Å². The first-order valence-corrected chi connectivity index (χ1v) is 31.6. The van der Waals surface area contributed by atoms with Gasteiger partial charge in [0.2, 0.25) is 5.72 Å². The summed E-state index contributed by atoms with van der Waals surface area (Å²) in [6, 6.07) is 34.4. The Hall–Kier alpha value is -5.02. The van der Waals surface area contributed by atoms with Gasteiger partial charge in [-0.3, -0.25) is 0 Å². The van der Waals surface area contributed by atoms with Crippen molar-refractivity contribution in [3.05, 3.63) is 176 Å². The summed E-state index contributed by atoms with van der Waals surface area (Å²) in [5.74, 6) is 4.94. The number of rotatable bonds is 11. The van der Waals surface area contributed by atoms with E-state index in [4.69, 9.17) is 25.9 Å². The number of nitrogens with two attached hydrogens (primary N) is 2. The van der Waals surface area contributed by atoms with E-state index >= 15 is 0 Å². The number of allylic oxidation sites excluding steroid dienone is 1. The number of aliphatic imine (C=N–C) groups is 1. The minimum atomic E-state index is -4.95. The number of nitrogens with one attached hydrogen (secondary N) is 2. The average Bonchev–Trinajstić information content (AvgIpc) is 3.20. The van der Waals surface area contributed by atoms with Crippen LogP contribution in [0.4, 0.5) is 0 Å². The van der Waals surface area contributed by atoms with Crippen molar-refractivity contribution in [1.82, 2.24) is 10.6 Å². The zero-order chi connectivity index (χ0) is 56.9. The molecular formula is C68H80N5NaO8S. The first-order valence-electron chi connectivity index (χ1n) is 30.1. The number of aliphatic hydroxyl groups excluding tert-OH is 1. The van der Waals surface area contributed by atoms with Crippen molar-refractivity contribution in [2.24, 2.45) is 46.0 Å². The molecular weight excluding hydrogens is 1070 g/mol. The van der Waals surface area contributed by atoms with Gasteiger partial charge in [0.25, 0.3) is 0 Å². The van der Waals surface area contributed by atoms with E-state index in [0.717, 1.165) is 85.1 Å². The molecule has 83 heavy (non-hydrogen) atoms. The number of nitrogens with zero attached hydrogens (tertiary/aromatic N) is 1. The fourth-order valence-electron chi connectivity index (χ4n) is 16.1. The van der Waals surface area contributed by atoms with E-state index in [1.165, 1.54) is 22.3 Å². The summed E-state index contributed by atoms with van der Waals surface area (Å²) in [6.07, 6.45) is 9.43. The van der Waals surface area contributed by atoms with Crippen LogP contribution in [0.3, 0.4) is 0 Å². The first kappa shape index (κ1) is 59.7. The minimum absolute atomic E-state index is 0. The van der Waals surface area contributed by atoms with Gasteiger partial charge in [-0.1, -0.05) is 104 Å². The molecule has 13 nitrogen and oxygen atoms in total. The molecule has 6 heterocycles. The van der Waals surface area contributed by atoms with Gasteiger partial charge in [0.1, 0.15) is 17.6 Å². The van der Waals surface area contributed by atoms with Crippen molar-refractivity contribution in [1.29, 1.82) is 0 Å². The number of benzene rings is 5. The van der Waals surface area contributed by atoms with Gasteiger partial charge in [0.05, 0.1) is 27.1 Å². The molecule has 0 amide bonds. The molecule has 1 saturated heterocycles. The molecule has 14 rings (SSSR count). The molecule has 10 bridgehead atoms. The molecule has 15 heteroatoms. The van der Waals surface area contributed by atoms with E-state index < -0.39 is 50.6 Å². The molecule has 5 aromatic rings. The van der Waals surface area contributed by atoms with Crippen LogP contribution in [0.25, 0.3) is 0 Å².